The topological polar surface area (TPSA) is 97.2 Å². The van der Waals surface area contributed by atoms with Crippen molar-refractivity contribution in [2.24, 2.45) is 5.10 Å². The Morgan fingerprint density at radius 3 is 2.48 bits per heavy atom. The number of para-hydroxylation sites is 1. The van der Waals surface area contributed by atoms with Gasteiger partial charge in [-0.2, -0.15) is 5.10 Å². The maximum atomic E-state index is 12.4. The first-order valence-corrected chi connectivity index (χ1v) is 9.61. The van der Waals surface area contributed by atoms with E-state index in [-0.39, 0.29) is 33.4 Å². The molecule has 0 unspecified atom stereocenters. The summed E-state index contributed by atoms with van der Waals surface area (Å²) in [4.78, 5) is 24.4. The van der Waals surface area contributed by atoms with Gasteiger partial charge in [0.05, 0.1) is 34.5 Å². The minimum absolute atomic E-state index is 0.0989. The van der Waals surface area contributed by atoms with Crippen molar-refractivity contribution in [1.82, 2.24) is 5.43 Å². The average molecular weight is 459 g/mol. The molecule has 2 N–H and O–H groups in total. The predicted octanol–water partition coefficient (Wildman–Crippen LogP) is 4.69. The molecule has 0 saturated heterocycles. The number of rotatable bonds is 6. The van der Waals surface area contributed by atoms with Crippen LogP contribution in [-0.4, -0.2) is 30.3 Å². The monoisotopic (exact) mass is 458 g/mol. The number of phenolic OH excluding ortho intramolecular Hbond substituents is 1. The summed E-state index contributed by atoms with van der Waals surface area (Å²) in [5.74, 6) is -0.870. The fraction of sp³-hybridized carbons (Fsp3) is 0.0455. The number of esters is 1. The van der Waals surface area contributed by atoms with Gasteiger partial charge in [-0.1, -0.05) is 35.3 Å². The van der Waals surface area contributed by atoms with Crippen molar-refractivity contribution >= 4 is 41.3 Å². The van der Waals surface area contributed by atoms with Crippen LogP contribution in [0.3, 0.4) is 0 Å². The zero-order chi connectivity index (χ0) is 22.4. The fourth-order valence-electron chi connectivity index (χ4n) is 2.52. The molecule has 0 bridgehead atoms. The van der Waals surface area contributed by atoms with E-state index in [2.05, 4.69) is 10.5 Å². The first kappa shape index (κ1) is 22.1. The van der Waals surface area contributed by atoms with Crippen LogP contribution in [0, 0.1) is 0 Å². The Hall–Kier alpha value is -3.55. The number of hydrogen-bond donors (Lipinski definition) is 2. The van der Waals surface area contributed by atoms with Crippen LogP contribution in [0.1, 0.15) is 26.3 Å². The van der Waals surface area contributed by atoms with Crippen molar-refractivity contribution in [3.8, 4) is 17.2 Å². The highest BCUT2D eigenvalue weighted by atomic mass is 35.5. The van der Waals surface area contributed by atoms with Crippen LogP contribution in [0.2, 0.25) is 10.0 Å². The highest BCUT2D eigenvalue weighted by Gasteiger charge is 2.14. The lowest BCUT2D eigenvalue weighted by atomic mass is 10.2. The highest BCUT2D eigenvalue weighted by Crippen LogP contribution is 2.29. The molecule has 0 atom stereocenters. The Kier molecular flexibility index (Phi) is 7.12. The summed E-state index contributed by atoms with van der Waals surface area (Å²) < 4.78 is 10.6. The molecule has 1 amide bonds. The van der Waals surface area contributed by atoms with Crippen LogP contribution in [0.25, 0.3) is 0 Å². The Morgan fingerprint density at radius 1 is 1.00 bits per heavy atom. The van der Waals surface area contributed by atoms with Crippen LogP contribution in [0.15, 0.2) is 65.8 Å². The van der Waals surface area contributed by atoms with E-state index in [9.17, 15) is 14.7 Å². The van der Waals surface area contributed by atoms with Gasteiger partial charge in [0.1, 0.15) is 5.75 Å². The van der Waals surface area contributed by atoms with E-state index >= 15 is 0 Å². The number of nitrogens with one attached hydrogen (secondary N) is 1. The van der Waals surface area contributed by atoms with Crippen LogP contribution in [0.5, 0.6) is 17.2 Å². The minimum Gasteiger partial charge on any atom is -0.507 e. The lowest BCUT2D eigenvalue weighted by Crippen LogP contribution is -2.17. The number of nitrogens with zero attached hydrogens (tertiary/aromatic N) is 1. The molecule has 7 nitrogen and oxygen atoms in total. The molecule has 3 aromatic carbocycles. The Labute approximate surface area is 187 Å². The predicted molar refractivity (Wildman–Crippen MR) is 118 cm³/mol. The molecule has 0 fully saturated rings. The molecule has 9 heteroatoms. The SMILES string of the molecule is COc1cc(/C=N/NC(=O)c2ccccc2O)ccc1OC(=O)c1ccc(Cl)c(Cl)c1. The lowest BCUT2D eigenvalue weighted by Gasteiger charge is -2.10. The second-order valence-corrected chi connectivity index (χ2v) is 6.96. The Morgan fingerprint density at radius 2 is 1.77 bits per heavy atom. The van der Waals surface area contributed by atoms with Gasteiger partial charge >= 0.3 is 5.97 Å². The van der Waals surface area contributed by atoms with E-state index in [1.165, 1.54) is 49.7 Å². The van der Waals surface area contributed by atoms with Gasteiger partial charge in [-0.05, 0) is 54.1 Å². The van der Waals surface area contributed by atoms with E-state index in [1.807, 2.05) is 0 Å². The zero-order valence-electron chi connectivity index (χ0n) is 16.1. The summed E-state index contributed by atoms with van der Waals surface area (Å²) in [5, 5.41) is 14.1. The van der Waals surface area contributed by atoms with E-state index in [0.29, 0.717) is 10.6 Å². The summed E-state index contributed by atoms with van der Waals surface area (Å²) in [7, 11) is 1.42. The van der Waals surface area contributed by atoms with Gasteiger partial charge in [0, 0.05) is 0 Å². The number of hydrogen-bond acceptors (Lipinski definition) is 6. The third-order valence-corrected chi connectivity index (χ3v) is 4.81. The maximum absolute atomic E-state index is 12.4. The molecule has 0 heterocycles. The number of benzene rings is 3. The van der Waals surface area contributed by atoms with Crippen molar-refractivity contribution in [3.05, 3.63) is 87.4 Å². The third-order valence-electron chi connectivity index (χ3n) is 4.07. The Bertz CT molecular complexity index is 1160. The van der Waals surface area contributed by atoms with Crippen LogP contribution in [-0.2, 0) is 0 Å². The van der Waals surface area contributed by atoms with Gasteiger partial charge in [0.25, 0.3) is 5.91 Å². The molecule has 0 aliphatic carbocycles. The molecule has 3 rings (SSSR count). The Balaban J connectivity index is 1.70. The van der Waals surface area contributed by atoms with Crippen molar-refractivity contribution in [1.29, 1.82) is 0 Å². The van der Waals surface area contributed by atoms with Gasteiger partial charge < -0.3 is 14.6 Å². The molecule has 31 heavy (non-hydrogen) atoms. The number of aromatic hydroxyl groups is 1. The molecule has 0 radical (unpaired) electrons. The van der Waals surface area contributed by atoms with Gasteiger partial charge in [-0.3, -0.25) is 4.79 Å². The van der Waals surface area contributed by atoms with Crippen LogP contribution in [0.4, 0.5) is 0 Å². The van der Waals surface area contributed by atoms with Crippen LogP contribution >= 0.6 is 23.2 Å². The molecule has 0 aromatic heterocycles. The normalized spacial score (nSPS) is 10.7. The van der Waals surface area contributed by atoms with E-state index in [4.69, 9.17) is 32.7 Å². The van der Waals surface area contributed by atoms with Gasteiger partial charge in [0.15, 0.2) is 11.5 Å². The summed E-state index contributed by atoms with van der Waals surface area (Å²) in [6, 6.07) is 15.2. The van der Waals surface area contributed by atoms with Crippen molar-refractivity contribution in [3.63, 3.8) is 0 Å². The largest absolute Gasteiger partial charge is 0.507 e. The minimum atomic E-state index is -0.631. The lowest BCUT2D eigenvalue weighted by molar-refractivity contribution is 0.0729. The first-order valence-electron chi connectivity index (χ1n) is 8.85. The standard InChI is InChI=1S/C22H16Cl2N2O5/c1-30-20-10-13(12-25-26-21(28)15-4-2-3-5-18(15)27)6-9-19(20)31-22(29)14-7-8-16(23)17(24)11-14/h2-12,27H,1H3,(H,26,28)/b25-12+. The van der Waals surface area contributed by atoms with Crippen molar-refractivity contribution < 1.29 is 24.2 Å². The first-order chi connectivity index (χ1) is 14.9. The molecular weight excluding hydrogens is 443 g/mol. The quantitative estimate of drug-likeness (QED) is 0.241. The number of phenols is 1. The molecule has 0 aliphatic heterocycles. The number of amides is 1. The van der Waals surface area contributed by atoms with E-state index in [0.717, 1.165) is 0 Å². The molecule has 3 aromatic rings. The molecule has 0 saturated carbocycles. The molecule has 0 aliphatic rings. The third kappa shape index (κ3) is 5.53. The van der Waals surface area contributed by atoms with Crippen LogP contribution < -0.4 is 14.9 Å². The van der Waals surface area contributed by atoms with Gasteiger partial charge in [-0.15, -0.1) is 0 Å². The van der Waals surface area contributed by atoms with Crippen molar-refractivity contribution in [2.45, 2.75) is 0 Å². The molecule has 0 spiro atoms. The number of halogens is 2. The van der Waals surface area contributed by atoms with Gasteiger partial charge in [-0.25, -0.2) is 10.2 Å². The number of hydrazone groups is 1. The summed E-state index contributed by atoms with van der Waals surface area (Å²) in [6.45, 7) is 0. The number of ether oxygens (including phenoxy) is 2. The molecular formula is C22H16Cl2N2O5. The highest BCUT2D eigenvalue weighted by molar-refractivity contribution is 6.42. The summed E-state index contributed by atoms with van der Waals surface area (Å²) in [6.07, 6.45) is 1.38. The smallest absolute Gasteiger partial charge is 0.343 e. The maximum Gasteiger partial charge on any atom is 0.343 e. The fourth-order valence-corrected chi connectivity index (χ4v) is 2.82. The van der Waals surface area contributed by atoms with Crippen molar-refractivity contribution in [2.75, 3.05) is 7.11 Å². The summed E-state index contributed by atoms with van der Waals surface area (Å²) >= 11 is 11.8. The number of carbonyl (C=O) groups is 2. The van der Waals surface area contributed by atoms with E-state index in [1.54, 1.807) is 24.3 Å². The number of carbonyl (C=O) groups excluding carboxylic acids is 2. The number of methoxy groups -OCH3 is 1. The second-order valence-electron chi connectivity index (χ2n) is 6.14. The summed E-state index contributed by atoms with van der Waals surface area (Å²) in [5.41, 5.74) is 3.23. The van der Waals surface area contributed by atoms with Gasteiger partial charge in [0.2, 0.25) is 0 Å². The van der Waals surface area contributed by atoms with E-state index < -0.39 is 11.9 Å². The molecule has 158 valence electrons. The second kappa shape index (κ2) is 9.97. The zero-order valence-corrected chi connectivity index (χ0v) is 17.6. The average Bonchev–Trinajstić information content (AvgIpc) is 2.76.